The van der Waals surface area contributed by atoms with Crippen LogP contribution < -0.4 is 4.57 Å². The van der Waals surface area contributed by atoms with Crippen molar-refractivity contribution in [3.8, 4) is 22.4 Å². The Hall–Kier alpha value is -2.93. The summed E-state index contributed by atoms with van der Waals surface area (Å²) in [5.41, 5.74) is 9.00. The van der Waals surface area contributed by atoms with Crippen molar-refractivity contribution in [1.82, 2.24) is 0 Å². The third-order valence-electron chi connectivity index (χ3n) is 6.29. The van der Waals surface area contributed by atoms with E-state index in [4.69, 9.17) is 1.37 Å². The second-order valence-corrected chi connectivity index (χ2v) is 10.6. The summed E-state index contributed by atoms with van der Waals surface area (Å²) in [5, 5.41) is 2.35. The van der Waals surface area contributed by atoms with Gasteiger partial charge in [0.05, 0.1) is 10.9 Å². The lowest BCUT2D eigenvalue weighted by Crippen LogP contribution is -2.31. The van der Waals surface area contributed by atoms with Gasteiger partial charge < -0.3 is 0 Å². The first kappa shape index (κ1) is 20.9. The molecule has 0 amide bonds. The van der Waals surface area contributed by atoms with Crippen LogP contribution in [0.3, 0.4) is 0 Å². The van der Waals surface area contributed by atoms with Crippen LogP contribution in [-0.2, 0) is 13.5 Å². The fraction of sp³-hybridized carbons (Fsp3) is 0.323. The van der Waals surface area contributed by atoms with E-state index in [1.807, 2.05) is 17.7 Å². The molecule has 0 bridgehead atoms. The molecule has 0 aliphatic rings. The maximum atomic E-state index is 8.73. The Morgan fingerprint density at radius 3 is 2.28 bits per heavy atom. The molecule has 3 aromatic carbocycles. The third kappa shape index (κ3) is 4.48. The lowest BCUT2D eigenvalue weighted by molar-refractivity contribution is -0.659. The van der Waals surface area contributed by atoms with E-state index >= 15 is 0 Å². The summed E-state index contributed by atoms with van der Waals surface area (Å²) in [7, 11) is 2.02. The first-order chi connectivity index (χ1) is 15.5. The molecule has 1 heteroatoms. The monoisotopic (exact) mass is 423 g/mol. The summed E-state index contributed by atoms with van der Waals surface area (Å²) in [6.45, 7) is 13.6. The summed E-state index contributed by atoms with van der Waals surface area (Å²) in [4.78, 5) is 0. The fourth-order valence-electron chi connectivity index (χ4n) is 4.79. The van der Waals surface area contributed by atoms with Gasteiger partial charge in [0.25, 0.3) is 0 Å². The van der Waals surface area contributed by atoms with E-state index in [-0.39, 0.29) is 5.41 Å². The second kappa shape index (κ2) is 8.54. The van der Waals surface area contributed by atoms with Crippen LogP contribution in [0.4, 0.5) is 0 Å². The zero-order valence-corrected chi connectivity index (χ0v) is 20.6. The third-order valence-corrected chi connectivity index (χ3v) is 6.29. The topological polar surface area (TPSA) is 3.88 Å². The van der Waals surface area contributed by atoms with Gasteiger partial charge in [0.2, 0.25) is 5.69 Å². The first-order valence-electron chi connectivity index (χ1n) is 12.2. The van der Waals surface area contributed by atoms with Gasteiger partial charge in [-0.2, -0.15) is 0 Å². The molecule has 1 nitrogen and oxygen atoms in total. The highest BCUT2D eigenvalue weighted by molar-refractivity contribution is 5.95. The lowest BCUT2D eigenvalue weighted by Gasteiger charge is -2.19. The normalized spacial score (nSPS) is 12.4. The predicted molar refractivity (Wildman–Crippen MR) is 138 cm³/mol. The van der Waals surface area contributed by atoms with Crippen LogP contribution >= 0.6 is 0 Å². The van der Waals surface area contributed by atoms with E-state index < -0.39 is 0 Å². The molecule has 1 heterocycles. The number of fused-ring (bicyclic) bond motifs is 1. The highest BCUT2D eigenvalue weighted by Crippen LogP contribution is 2.36. The molecule has 0 saturated heterocycles. The Labute approximate surface area is 195 Å². The lowest BCUT2D eigenvalue weighted by atomic mass is 9.86. The van der Waals surface area contributed by atoms with E-state index in [0.29, 0.717) is 12.1 Å². The summed E-state index contributed by atoms with van der Waals surface area (Å²) in [6.07, 6.45) is 1.55. The standard InChI is InChI=1S/C31H36N/c1-21(2)28-18-26(24-11-9-8-10-12-24)19-29(22(28)3)30-27-14-13-23(20-31(4,5)6)17-25(27)15-16-32(30)7/h8-19,21H,20H2,1-7H3/q+1/i16D. The largest absolute Gasteiger partial charge is 0.220 e. The van der Waals surface area contributed by atoms with Gasteiger partial charge in [0, 0.05) is 6.07 Å². The number of benzene rings is 3. The van der Waals surface area contributed by atoms with Gasteiger partial charge >= 0.3 is 0 Å². The van der Waals surface area contributed by atoms with Crippen molar-refractivity contribution < 1.29 is 5.94 Å². The SMILES string of the molecule is [2H]c1cc2cc(CC(C)(C)C)ccc2c(-c2cc(-c3ccccc3)cc(C(C)C)c2C)[n+]1C. The zero-order valence-electron chi connectivity index (χ0n) is 21.6. The van der Waals surface area contributed by atoms with Crippen molar-refractivity contribution in [2.45, 2.75) is 53.9 Å². The smallest absolute Gasteiger partial charge is 0.200 e. The molecule has 1 aromatic heterocycles. The molecule has 0 aliphatic heterocycles. The van der Waals surface area contributed by atoms with E-state index in [1.165, 1.54) is 38.8 Å². The summed E-state index contributed by atoms with van der Waals surface area (Å²) in [6, 6.07) is 24.1. The number of hydrogen-bond donors (Lipinski definition) is 0. The van der Waals surface area contributed by atoms with E-state index in [9.17, 15) is 0 Å². The highest BCUT2D eigenvalue weighted by Gasteiger charge is 2.22. The van der Waals surface area contributed by atoms with Crippen molar-refractivity contribution >= 4 is 10.8 Å². The Morgan fingerprint density at radius 1 is 0.906 bits per heavy atom. The first-order valence-corrected chi connectivity index (χ1v) is 11.7. The van der Waals surface area contributed by atoms with Gasteiger partial charge in [-0.05, 0) is 70.0 Å². The Morgan fingerprint density at radius 2 is 1.62 bits per heavy atom. The van der Waals surface area contributed by atoms with Gasteiger partial charge in [-0.1, -0.05) is 83.1 Å². The predicted octanol–water partition coefficient (Wildman–Crippen LogP) is 8.02. The number of nitrogens with zero attached hydrogens (tertiary/aromatic N) is 1. The number of hydrogen-bond acceptors (Lipinski definition) is 0. The van der Waals surface area contributed by atoms with Gasteiger partial charge in [-0.15, -0.1) is 0 Å². The van der Waals surface area contributed by atoms with Crippen molar-refractivity contribution in [3.63, 3.8) is 0 Å². The number of pyridine rings is 1. The summed E-state index contributed by atoms with van der Waals surface area (Å²) >= 11 is 0. The zero-order chi connectivity index (χ0) is 23.9. The number of rotatable bonds is 4. The minimum atomic E-state index is 0.229. The van der Waals surface area contributed by atoms with Crippen LogP contribution in [0.25, 0.3) is 33.2 Å². The summed E-state index contributed by atoms with van der Waals surface area (Å²) in [5.74, 6) is 0.418. The Bertz CT molecular complexity index is 1310. The molecule has 0 saturated carbocycles. The van der Waals surface area contributed by atoms with Gasteiger partial charge in [0.1, 0.15) is 8.42 Å². The molecule has 0 fully saturated rings. The van der Waals surface area contributed by atoms with E-state index in [0.717, 1.165) is 17.5 Å². The van der Waals surface area contributed by atoms with Crippen LogP contribution in [0.2, 0.25) is 0 Å². The molecule has 32 heavy (non-hydrogen) atoms. The quantitative estimate of drug-likeness (QED) is 0.293. The molecule has 164 valence electrons. The second-order valence-electron chi connectivity index (χ2n) is 10.6. The average molecular weight is 424 g/mol. The van der Waals surface area contributed by atoms with Crippen LogP contribution in [0.5, 0.6) is 0 Å². The Kier molecular flexibility index (Phi) is 5.59. The van der Waals surface area contributed by atoms with Crippen molar-refractivity contribution in [2.24, 2.45) is 12.5 Å². The van der Waals surface area contributed by atoms with Gasteiger partial charge in [-0.3, -0.25) is 0 Å². The van der Waals surface area contributed by atoms with E-state index in [1.54, 1.807) is 0 Å². The van der Waals surface area contributed by atoms with Gasteiger partial charge in [0.15, 0.2) is 6.17 Å². The maximum absolute atomic E-state index is 8.73. The van der Waals surface area contributed by atoms with Crippen molar-refractivity contribution in [3.05, 3.63) is 89.6 Å². The molecule has 0 radical (unpaired) electrons. The molecule has 0 N–H and O–H groups in total. The number of aromatic nitrogens is 1. The highest BCUT2D eigenvalue weighted by atomic mass is 14.9. The maximum Gasteiger partial charge on any atom is 0.220 e. The molecule has 4 aromatic rings. The van der Waals surface area contributed by atoms with Crippen molar-refractivity contribution in [1.29, 1.82) is 0 Å². The van der Waals surface area contributed by atoms with Gasteiger partial charge in [-0.25, -0.2) is 4.57 Å². The molecule has 0 aliphatic carbocycles. The minimum absolute atomic E-state index is 0.229. The Balaban J connectivity index is 2.01. The molecule has 0 spiro atoms. The van der Waals surface area contributed by atoms with Crippen LogP contribution in [0.1, 0.15) is 58.6 Å². The molecule has 4 rings (SSSR count). The fourth-order valence-corrected chi connectivity index (χ4v) is 4.79. The van der Waals surface area contributed by atoms with E-state index in [2.05, 4.69) is 102 Å². The molecule has 0 unspecified atom stereocenters. The molecule has 0 atom stereocenters. The molecular formula is C31H36N+. The minimum Gasteiger partial charge on any atom is -0.200 e. The van der Waals surface area contributed by atoms with Crippen LogP contribution in [0.15, 0.2) is 72.9 Å². The summed E-state index contributed by atoms with van der Waals surface area (Å²) < 4.78 is 10.8. The van der Waals surface area contributed by atoms with Crippen molar-refractivity contribution in [2.75, 3.05) is 0 Å². The molecular weight excluding hydrogens is 386 g/mol. The van der Waals surface area contributed by atoms with Crippen LogP contribution in [0, 0.1) is 12.3 Å². The average Bonchev–Trinajstić information content (AvgIpc) is 2.74. The van der Waals surface area contributed by atoms with Crippen LogP contribution in [-0.4, -0.2) is 0 Å².